The summed E-state index contributed by atoms with van der Waals surface area (Å²) in [5, 5.41) is 19.2. The van der Waals surface area contributed by atoms with Crippen LogP contribution in [0.4, 0.5) is 11.8 Å². The smallest absolute Gasteiger partial charge is 0.225 e. The van der Waals surface area contributed by atoms with Gasteiger partial charge in [0.1, 0.15) is 5.82 Å². The number of hydrogen-bond acceptors (Lipinski definition) is 8. The third-order valence-electron chi connectivity index (χ3n) is 5.66. The molecule has 0 spiro atoms. The maximum absolute atomic E-state index is 9.88. The summed E-state index contributed by atoms with van der Waals surface area (Å²) in [4.78, 5) is 13.2. The zero-order chi connectivity index (χ0) is 19.4. The Bertz CT molecular complexity index is 607. The average Bonchev–Trinajstić information content (AvgIpc) is 3.04. The fourth-order valence-corrected chi connectivity index (χ4v) is 4.12. The molecule has 3 rings (SSSR count). The van der Waals surface area contributed by atoms with E-state index in [1.165, 1.54) is 0 Å². The predicted octanol–water partition coefficient (Wildman–Crippen LogP) is 0.595. The summed E-state index contributed by atoms with van der Waals surface area (Å²) < 4.78 is 5.68. The molecule has 1 aromatic heterocycles. The van der Waals surface area contributed by atoms with E-state index in [4.69, 9.17) is 10.5 Å². The van der Waals surface area contributed by atoms with Crippen molar-refractivity contribution in [3.63, 3.8) is 0 Å². The first-order valence-corrected chi connectivity index (χ1v) is 9.98. The minimum Gasteiger partial charge on any atom is -0.475 e. The van der Waals surface area contributed by atoms with Crippen molar-refractivity contribution < 1.29 is 14.9 Å². The molecule has 152 valence electrons. The molecule has 1 aromatic rings. The fourth-order valence-electron chi connectivity index (χ4n) is 4.12. The van der Waals surface area contributed by atoms with Crippen molar-refractivity contribution in [2.45, 2.75) is 32.8 Å². The molecule has 0 amide bonds. The van der Waals surface area contributed by atoms with Crippen LogP contribution in [0.5, 0.6) is 5.88 Å². The number of nitrogen functional groups attached to an aromatic ring is 1. The summed E-state index contributed by atoms with van der Waals surface area (Å²) in [6.45, 7) is 8.96. The number of nitrogens with two attached hydrogens (primary N) is 1. The molecule has 2 fully saturated rings. The first kappa shape index (κ1) is 20.1. The maximum Gasteiger partial charge on any atom is 0.225 e. The first-order valence-electron chi connectivity index (χ1n) is 9.98. The van der Waals surface area contributed by atoms with Crippen molar-refractivity contribution in [3.8, 4) is 5.88 Å². The molecule has 8 nitrogen and oxygen atoms in total. The highest BCUT2D eigenvalue weighted by molar-refractivity contribution is 5.46. The van der Waals surface area contributed by atoms with Crippen molar-refractivity contribution >= 4 is 11.8 Å². The van der Waals surface area contributed by atoms with Gasteiger partial charge in [-0.25, -0.2) is 0 Å². The van der Waals surface area contributed by atoms with Crippen molar-refractivity contribution in [2.75, 3.05) is 56.6 Å². The molecule has 3 heterocycles. The van der Waals surface area contributed by atoms with Crippen molar-refractivity contribution in [2.24, 2.45) is 17.8 Å². The number of ether oxygens (including phenoxy) is 1. The Kier molecular flexibility index (Phi) is 6.73. The van der Waals surface area contributed by atoms with Gasteiger partial charge in [-0.2, -0.15) is 9.97 Å². The van der Waals surface area contributed by atoms with E-state index in [0.29, 0.717) is 24.3 Å². The number of aliphatic hydroxyl groups excluding tert-OH is 2. The zero-order valence-electron chi connectivity index (χ0n) is 16.4. The Morgan fingerprint density at radius 1 is 1.15 bits per heavy atom. The summed E-state index contributed by atoms with van der Waals surface area (Å²) in [5.74, 6) is 2.50. The standard InChI is InChI=1S/C19H33N5O3/c1-13(2)27-18-7-17(21-19(20)22-18)24-9-15(16(10-24)12-26)8-23-5-3-14(11-25)4-6-23/h7,13-16,25-26H,3-6,8-12H2,1-2H3,(H2,20,21,22)/t15-,16-/m1/s1. The highest BCUT2D eigenvalue weighted by atomic mass is 16.5. The van der Waals surface area contributed by atoms with Crippen LogP contribution in [0.15, 0.2) is 6.07 Å². The third-order valence-corrected chi connectivity index (χ3v) is 5.66. The number of piperidine rings is 1. The number of likely N-dealkylation sites (tertiary alicyclic amines) is 1. The molecule has 0 saturated carbocycles. The summed E-state index contributed by atoms with van der Waals surface area (Å²) >= 11 is 0. The lowest BCUT2D eigenvalue weighted by atomic mass is 9.93. The molecule has 0 bridgehead atoms. The van der Waals surface area contributed by atoms with Gasteiger partial charge in [0.05, 0.1) is 6.10 Å². The first-order chi connectivity index (χ1) is 13.0. The molecule has 0 aliphatic carbocycles. The lowest BCUT2D eigenvalue weighted by molar-refractivity contribution is 0.106. The van der Waals surface area contributed by atoms with Gasteiger partial charge in [-0.1, -0.05) is 0 Å². The van der Waals surface area contributed by atoms with Crippen LogP contribution in [0.1, 0.15) is 26.7 Å². The van der Waals surface area contributed by atoms with Crippen LogP contribution in [0.2, 0.25) is 0 Å². The Morgan fingerprint density at radius 3 is 2.48 bits per heavy atom. The van der Waals surface area contributed by atoms with E-state index in [2.05, 4.69) is 19.8 Å². The number of hydrogen-bond donors (Lipinski definition) is 3. The summed E-state index contributed by atoms with van der Waals surface area (Å²) in [6.07, 6.45) is 2.12. The van der Waals surface area contributed by atoms with Gasteiger partial charge in [0.2, 0.25) is 11.8 Å². The lowest BCUT2D eigenvalue weighted by Gasteiger charge is -2.33. The van der Waals surface area contributed by atoms with Gasteiger partial charge in [-0.05, 0) is 51.6 Å². The number of rotatable bonds is 7. The second-order valence-corrected chi connectivity index (χ2v) is 8.12. The van der Waals surface area contributed by atoms with Crippen LogP contribution < -0.4 is 15.4 Å². The fraction of sp³-hybridized carbons (Fsp3) is 0.789. The van der Waals surface area contributed by atoms with Gasteiger partial charge >= 0.3 is 0 Å². The van der Waals surface area contributed by atoms with Crippen LogP contribution in [0, 0.1) is 17.8 Å². The van der Waals surface area contributed by atoms with E-state index < -0.39 is 0 Å². The molecule has 8 heteroatoms. The highest BCUT2D eigenvalue weighted by Gasteiger charge is 2.35. The summed E-state index contributed by atoms with van der Waals surface area (Å²) in [7, 11) is 0. The molecular weight excluding hydrogens is 346 g/mol. The van der Waals surface area contributed by atoms with Crippen LogP contribution in [-0.2, 0) is 0 Å². The van der Waals surface area contributed by atoms with Crippen LogP contribution in [0.25, 0.3) is 0 Å². The van der Waals surface area contributed by atoms with Crippen LogP contribution in [-0.4, -0.2) is 77.1 Å². The molecule has 2 aliphatic heterocycles. The van der Waals surface area contributed by atoms with Gasteiger partial charge < -0.3 is 30.5 Å². The Balaban J connectivity index is 1.64. The van der Waals surface area contributed by atoms with Gasteiger partial charge in [-0.3, -0.25) is 0 Å². The SMILES string of the molecule is CC(C)Oc1cc(N2C[C@@H](CN3CCC(CO)CC3)[C@@H](CO)C2)nc(N)n1. The largest absolute Gasteiger partial charge is 0.475 e. The molecule has 27 heavy (non-hydrogen) atoms. The van der Waals surface area contributed by atoms with Gasteiger partial charge in [0, 0.05) is 44.8 Å². The minimum atomic E-state index is 0.0190. The van der Waals surface area contributed by atoms with Gasteiger partial charge in [0.15, 0.2) is 0 Å². The van der Waals surface area contributed by atoms with E-state index in [9.17, 15) is 10.2 Å². The van der Waals surface area contributed by atoms with Crippen molar-refractivity contribution in [1.82, 2.24) is 14.9 Å². The predicted molar refractivity (Wildman–Crippen MR) is 105 cm³/mol. The quantitative estimate of drug-likeness (QED) is 0.632. The summed E-state index contributed by atoms with van der Waals surface area (Å²) in [5.41, 5.74) is 5.87. The number of nitrogens with zero attached hydrogens (tertiary/aromatic N) is 4. The molecule has 0 radical (unpaired) electrons. The lowest BCUT2D eigenvalue weighted by Crippen LogP contribution is -2.40. The molecule has 0 aromatic carbocycles. The van der Waals surface area contributed by atoms with E-state index in [1.54, 1.807) is 0 Å². The Hall–Kier alpha value is -1.64. The highest BCUT2D eigenvalue weighted by Crippen LogP contribution is 2.30. The van der Waals surface area contributed by atoms with Crippen molar-refractivity contribution in [1.29, 1.82) is 0 Å². The topological polar surface area (TPSA) is 108 Å². The van der Waals surface area contributed by atoms with E-state index in [-0.39, 0.29) is 24.6 Å². The number of aliphatic hydroxyl groups is 2. The van der Waals surface area contributed by atoms with E-state index in [0.717, 1.165) is 51.4 Å². The maximum atomic E-state index is 9.88. The zero-order valence-corrected chi connectivity index (χ0v) is 16.4. The van der Waals surface area contributed by atoms with Crippen LogP contribution >= 0.6 is 0 Å². The summed E-state index contributed by atoms with van der Waals surface area (Å²) in [6, 6.07) is 1.83. The normalized spacial score (nSPS) is 24.7. The number of aromatic nitrogens is 2. The molecule has 4 N–H and O–H groups in total. The van der Waals surface area contributed by atoms with Gasteiger partial charge in [-0.15, -0.1) is 0 Å². The van der Waals surface area contributed by atoms with Crippen molar-refractivity contribution in [3.05, 3.63) is 6.07 Å². The Labute approximate surface area is 161 Å². The molecule has 2 atom stereocenters. The van der Waals surface area contributed by atoms with E-state index >= 15 is 0 Å². The van der Waals surface area contributed by atoms with Gasteiger partial charge in [0.25, 0.3) is 0 Å². The second-order valence-electron chi connectivity index (χ2n) is 8.12. The second kappa shape index (κ2) is 9.03. The third kappa shape index (κ3) is 5.21. The monoisotopic (exact) mass is 379 g/mol. The average molecular weight is 380 g/mol. The molecule has 2 aliphatic rings. The number of anilines is 2. The molecule has 0 unspecified atom stereocenters. The Morgan fingerprint density at radius 2 is 1.85 bits per heavy atom. The molecule has 2 saturated heterocycles. The van der Waals surface area contributed by atoms with Crippen LogP contribution in [0.3, 0.4) is 0 Å². The minimum absolute atomic E-state index is 0.0190. The van der Waals surface area contributed by atoms with E-state index in [1.807, 2.05) is 19.9 Å². The molecular formula is C19H33N5O3.